The summed E-state index contributed by atoms with van der Waals surface area (Å²) in [6.07, 6.45) is 1.44. The average molecular weight is 267 g/mol. The van der Waals surface area contributed by atoms with Crippen molar-refractivity contribution < 1.29 is 4.79 Å². The van der Waals surface area contributed by atoms with E-state index in [4.69, 9.17) is 0 Å². The summed E-state index contributed by atoms with van der Waals surface area (Å²) in [4.78, 5) is 12.0. The Kier molecular flexibility index (Phi) is 4.57. The second-order valence-electron chi connectivity index (χ2n) is 5.27. The molecule has 1 N–H and O–H groups in total. The van der Waals surface area contributed by atoms with E-state index in [2.05, 4.69) is 30.4 Å². The van der Waals surface area contributed by atoms with Crippen LogP contribution in [0.3, 0.4) is 0 Å². The van der Waals surface area contributed by atoms with Gasteiger partial charge in [0, 0.05) is 5.69 Å². The van der Waals surface area contributed by atoms with Crippen LogP contribution < -0.4 is 5.32 Å². The molecule has 0 heterocycles. The molecule has 0 aromatic heterocycles. The molecule has 104 valence electrons. The van der Waals surface area contributed by atoms with E-state index in [1.807, 2.05) is 38.1 Å². The number of benzene rings is 2. The Morgan fingerprint density at radius 2 is 1.50 bits per heavy atom. The SMILES string of the molecule is CCc1ccc(CC(=O)Nc2cc(C)cc(C)c2)cc1. The first-order valence-electron chi connectivity index (χ1n) is 7.03. The fraction of sp³-hybridized carbons (Fsp3) is 0.278. The molecule has 2 nitrogen and oxygen atoms in total. The summed E-state index contributed by atoms with van der Waals surface area (Å²) in [6, 6.07) is 14.3. The van der Waals surface area contributed by atoms with Crippen LogP contribution in [-0.4, -0.2) is 5.91 Å². The molecule has 0 aliphatic rings. The van der Waals surface area contributed by atoms with Gasteiger partial charge in [-0.2, -0.15) is 0 Å². The zero-order valence-corrected chi connectivity index (χ0v) is 12.4. The lowest BCUT2D eigenvalue weighted by Crippen LogP contribution is -2.14. The van der Waals surface area contributed by atoms with Crippen molar-refractivity contribution in [1.29, 1.82) is 0 Å². The summed E-state index contributed by atoms with van der Waals surface area (Å²) < 4.78 is 0. The van der Waals surface area contributed by atoms with Crippen LogP contribution in [0.2, 0.25) is 0 Å². The van der Waals surface area contributed by atoms with Crippen molar-refractivity contribution in [3.63, 3.8) is 0 Å². The number of carbonyl (C=O) groups is 1. The molecule has 0 aliphatic heterocycles. The average Bonchev–Trinajstić information content (AvgIpc) is 2.38. The van der Waals surface area contributed by atoms with Crippen molar-refractivity contribution in [1.82, 2.24) is 0 Å². The van der Waals surface area contributed by atoms with Crippen molar-refractivity contribution in [3.05, 3.63) is 64.7 Å². The highest BCUT2D eigenvalue weighted by atomic mass is 16.1. The monoisotopic (exact) mass is 267 g/mol. The van der Waals surface area contributed by atoms with Gasteiger partial charge < -0.3 is 5.32 Å². The van der Waals surface area contributed by atoms with Crippen LogP contribution in [0, 0.1) is 13.8 Å². The highest BCUT2D eigenvalue weighted by Gasteiger charge is 2.05. The van der Waals surface area contributed by atoms with Crippen LogP contribution in [0.1, 0.15) is 29.2 Å². The third-order valence-corrected chi connectivity index (χ3v) is 3.30. The summed E-state index contributed by atoms with van der Waals surface area (Å²) in [5, 5.41) is 2.96. The fourth-order valence-corrected chi connectivity index (χ4v) is 2.33. The lowest BCUT2D eigenvalue weighted by atomic mass is 10.1. The minimum atomic E-state index is 0.0271. The van der Waals surface area contributed by atoms with Gasteiger partial charge in [0.15, 0.2) is 0 Å². The van der Waals surface area contributed by atoms with E-state index in [0.29, 0.717) is 6.42 Å². The van der Waals surface area contributed by atoms with Gasteiger partial charge in [0.25, 0.3) is 0 Å². The highest BCUT2D eigenvalue weighted by Crippen LogP contribution is 2.14. The summed E-state index contributed by atoms with van der Waals surface area (Å²) >= 11 is 0. The Bertz CT molecular complexity index is 579. The number of rotatable bonds is 4. The molecule has 0 saturated heterocycles. The van der Waals surface area contributed by atoms with Gasteiger partial charge in [0.05, 0.1) is 6.42 Å². The maximum absolute atomic E-state index is 12.0. The molecule has 2 aromatic carbocycles. The zero-order chi connectivity index (χ0) is 14.5. The first-order chi connectivity index (χ1) is 9.56. The first kappa shape index (κ1) is 14.3. The maximum Gasteiger partial charge on any atom is 0.228 e. The molecule has 0 unspecified atom stereocenters. The summed E-state index contributed by atoms with van der Waals surface area (Å²) in [7, 11) is 0. The predicted octanol–water partition coefficient (Wildman–Crippen LogP) is 4.05. The molecular weight excluding hydrogens is 246 g/mol. The van der Waals surface area contributed by atoms with E-state index in [-0.39, 0.29) is 5.91 Å². The highest BCUT2D eigenvalue weighted by molar-refractivity contribution is 5.92. The second-order valence-corrected chi connectivity index (χ2v) is 5.27. The van der Waals surface area contributed by atoms with Gasteiger partial charge >= 0.3 is 0 Å². The van der Waals surface area contributed by atoms with Crippen molar-refractivity contribution in [2.24, 2.45) is 0 Å². The Hall–Kier alpha value is -2.09. The van der Waals surface area contributed by atoms with Gasteiger partial charge in [-0.15, -0.1) is 0 Å². The number of hydrogen-bond acceptors (Lipinski definition) is 1. The van der Waals surface area contributed by atoms with Gasteiger partial charge in [-0.1, -0.05) is 37.3 Å². The first-order valence-corrected chi connectivity index (χ1v) is 7.03. The Morgan fingerprint density at radius 1 is 0.950 bits per heavy atom. The number of hydrogen-bond donors (Lipinski definition) is 1. The normalized spacial score (nSPS) is 10.3. The quantitative estimate of drug-likeness (QED) is 0.889. The topological polar surface area (TPSA) is 29.1 Å². The van der Waals surface area contributed by atoms with E-state index >= 15 is 0 Å². The van der Waals surface area contributed by atoms with E-state index in [0.717, 1.165) is 28.8 Å². The molecule has 0 spiro atoms. The molecule has 0 bridgehead atoms. The molecule has 1 amide bonds. The van der Waals surface area contributed by atoms with Crippen LogP contribution in [0.25, 0.3) is 0 Å². The third-order valence-electron chi connectivity index (χ3n) is 3.30. The lowest BCUT2D eigenvalue weighted by molar-refractivity contribution is -0.115. The Balaban J connectivity index is 2.01. The minimum Gasteiger partial charge on any atom is -0.326 e. The number of carbonyl (C=O) groups excluding carboxylic acids is 1. The van der Waals surface area contributed by atoms with Crippen LogP contribution in [0.4, 0.5) is 5.69 Å². The van der Waals surface area contributed by atoms with Gasteiger partial charge in [0.1, 0.15) is 0 Å². The molecule has 0 fully saturated rings. The van der Waals surface area contributed by atoms with Gasteiger partial charge in [-0.25, -0.2) is 0 Å². The summed E-state index contributed by atoms with van der Waals surface area (Å²) in [6.45, 7) is 6.19. The molecule has 0 aliphatic carbocycles. The Morgan fingerprint density at radius 3 is 2.05 bits per heavy atom. The van der Waals surface area contributed by atoms with Crippen molar-refractivity contribution in [2.75, 3.05) is 5.32 Å². The molecule has 2 aromatic rings. The molecular formula is C18H21NO. The predicted molar refractivity (Wildman–Crippen MR) is 84.1 cm³/mol. The summed E-state index contributed by atoms with van der Waals surface area (Å²) in [5.41, 5.74) is 5.53. The number of nitrogens with one attached hydrogen (secondary N) is 1. The third kappa shape index (κ3) is 3.95. The van der Waals surface area contributed by atoms with Crippen molar-refractivity contribution in [3.8, 4) is 0 Å². The van der Waals surface area contributed by atoms with Crippen molar-refractivity contribution >= 4 is 11.6 Å². The fourth-order valence-electron chi connectivity index (χ4n) is 2.33. The molecule has 0 saturated carbocycles. The largest absolute Gasteiger partial charge is 0.326 e. The van der Waals surface area contributed by atoms with Crippen LogP contribution in [0.5, 0.6) is 0 Å². The standard InChI is InChI=1S/C18H21NO/c1-4-15-5-7-16(8-6-15)12-18(20)19-17-10-13(2)9-14(3)11-17/h5-11H,4,12H2,1-3H3,(H,19,20). The Labute approximate surface area is 120 Å². The van der Waals surface area contributed by atoms with Crippen molar-refractivity contribution in [2.45, 2.75) is 33.6 Å². The van der Waals surface area contributed by atoms with Gasteiger partial charge in [-0.05, 0) is 54.7 Å². The molecule has 2 rings (SSSR count). The summed E-state index contributed by atoms with van der Waals surface area (Å²) in [5.74, 6) is 0.0271. The van der Waals surface area contributed by atoms with E-state index in [1.54, 1.807) is 0 Å². The van der Waals surface area contributed by atoms with Crippen LogP contribution >= 0.6 is 0 Å². The number of amides is 1. The van der Waals surface area contributed by atoms with E-state index in [1.165, 1.54) is 5.56 Å². The van der Waals surface area contributed by atoms with Gasteiger partial charge in [0.2, 0.25) is 5.91 Å². The van der Waals surface area contributed by atoms with Crippen LogP contribution in [0.15, 0.2) is 42.5 Å². The molecule has 0 radical (unpaired) electrons. The zero-order valence-electron chi connectivity index (χ0n) is 12.4. The second kappa shape index (κ2) is 6.38. The molecule has 2 heteroatoms. The lowest BCUT2D eigenvalue weighted by Gasteiger charge is -2.08. The van der Waals surface area contributed by atoms with Crippen LogP contribution in [-0.2, 0) is 17.6 Å². The number of anilines is 1. The molecule has 20 heavy (non-hydrogen) atoms. The van der Waals surface area contributed by atoms with Gasteiger partial charge in [-0.3, -0.25) is 4.79 Å². The smallest absolute Gasteiger partial charge is 0.228 e. The number of aryl methyl sites for hydroxylation is 3. The van der Waals surface area contributed by atoms with E-state index < -0.39 is 0 Å². The minimum absolute atomic E-state index is 0.0271. The maximum atomic E-state index is 12.0. The van der Waals surface area contributed by atoms with E-state index in [9.17, 15) is 4.79 Å². The molecule has 0 atom stereocenters.